The third-order valence-corrected chi connectivity index (χ3v) is 5.31. The molecule has 4 atom stereocenters. The summed E-state index contributed by atoms with van der Waals surface area (Å²) < 4.78 is 11.7. The molecule has 2 heterocycles. The van der Waals surface area contributed by atoms with E-state index in [1.54, 1.807) is 0 Å². The number of nitrogens with one attached hydrogen (secondary N) is 1. The molecule has 2 aliphatic heterocycles. The molecule has 3 rings (SSSR count). The van der Waals surface area contributed by atoms with Crippen molar-refractivity contribution in [1.82, 2.24) is 10.2 Å². The van der Waals surface area contributed by atoms with Crippen molar-refractivity contribution < 1.29 is 14.3 Å². The highest BCUT2D eigenvalue weighted by molar-refractivity contribution is 5.81. The maximum absolute atomic E-state index is 12.5. The Bertz CT molecular complexity index is 569. The van der Waals surface area contributed by atoms with Gasteiger partial charge in [-0.25, -0.2) is 0 Å². The molecule has 2 aliphatic rings. The molecule has 6 nitrogen and oxygen atoms in total. The Morgan fingerprint density at radius 2 is 2.15 bits per heavy atom. The van der Waals surface area contributed by atoms with Crippen LogP contribution >= 0.6 is 0 Å². The van der Waals surface area contributed by atoms with Crippen LogP contribution in [-0.4, -0.2) is 61.4 Å². The largest absolute Gasteiger partial charge is 0.373 e. The van der Waals surface area contributed by atoms with E-state index in [9.17, 15) is 4.79 Å². The highest BCUT2D eigenvalue weighted by Crippen LogP contribution is 2.20. The zero-order valence-corrected chi connectivity index (χ0v) is 15.6. The molecule has 0 radical (unpaired) electrons. The molecule has 1 amide bonds. The number of nitrogens with two attached hydrogens (primary N) is 1. The highest BCUT2D eigenvalue weighted by atomic mass is 16.5. The van der Waals surface area contributed by atoms with Gasteiger partial charge < -0.3 is 20.5 Å². The number of rotatable bonds is 7. The molecule has 0 aromatic heterocycles. The van der Waals surface area contributed by atoms with Crippen LogP contribution in [-0.2, 0) is 20.8 Å². The molecule has 2 fully saturated rings. The molecule has 6 heteroatoms. The lowest BCUT2D eigenvalue weighted by molar-refractivity contribution is -0.135. The van der Waals surface area contributed by atoms with Crippen molar-refractivity contribution in [2.45, 2.75) is 57.1 Å². The maximum Gasteiger partial charge on any atom is 0.249 e. The van der Waals surface area contributed by atoms with Crippen molar-refractivity contribution in [2.75, 3.05) is 26.2 Å². The summed E-state index contributed by atoms with van der Waals surface area (Å²) in [6, 6.07) is 10.5. The summed E-state index contributed by atoms with van der Waals surface area (Å²) in [6.07, 6.45) is 2.09. The fourth-order valence-corrected chi connectivity index (χ4v) is 3.77. The van der Waals surface area contributed by atoms with Crippen molar-refractivity contribution in [2.24, 2.45) is 5.73 Å². The first-order valence-electron chi connectivity index (χ1n) is 9.73. The third kappa shape index (κ3) is 5.04. The Balaban J connectivity index is 1.53. The zero-order chi connectivity index (χ0) is 18.4. The standard InChI is InChI=1S/C20H31N3O3/c1-2-17(22-20(24)18-9-8-16(12-21)26-18)19-14-23(10-11-25-19)13-15-6-4-3-5-7-15/h3-7,16-19H,2,8-14,21H2,1H3,(H,22,24)/t16-,17?,18+,19?/m1/s1. The van der Waals surface area contributed by atoms with Gasteiger partial charge in [0.25, 0.3) is 0 Å². The highest BCUT2D eigenvalue weighted by Gasteiger charge is 2.33. The van der Waals surface area contributed by atoms with E-state index in [1.165, 1.54) is 5.56 Å². The van der Waals surface area contributed by atoms with Crippen molar-refractivity contribution in [1.29, 1.82) is 0 Å². The van der Waals surface area contributed by atoms with Crippen LogP contribution in [0.4, 0.5) is 0 Å². The van der Waals surface area contributed by atoms with E-state index in [0.717, 1.165) is 38.9 Å². The van der Waals surface area contributed by atoms with Crippen molar-refractivity contribution in [3.05, 3.63) is 35.9 Å². The Labute approximate surface area is 156 Å². The van der Waals surface area contributed by atoms with Gasteiger partial charge in [0.2, 0.25) is 5.91 Å². The number of carbonyl (C=O) groups is 1. The van der Waals surface area contributed by atoms with Crippen LogP contribution in [0.25, 0.3) is 0 Å². The van der Waals surface area contributed by atoms with Crippen LogP contribution in [0.2, 0.25) is 0 Å². The summed E-state index contributed by atoms with van der Waals surface area (Å²) in [4.78, 5) is 14.9. The van der Waals surface area contributed by atoms with Crippen LogP contribution in [0.3, 0.4) is 0 Å². The van der Waals surface area contributed by atoms with Gasteiger partial charge in [0.1, 0.15) is 6.10 Å². The lowest BCUT2D eigenvalue weighted by Crippen LogP contribution is -2.54. The molecule has 144 valence electrons. The Morgan fingerprint density at radius 3 is 2.85 bits per heavy atom. The summed E-state index contributed by atoms with van der Waals surface area (Å²) >= 11 is 0. The SMILES string of the molecule is CCC(NC(=O)[C@@H]1CC[C@H](CN)O1)C1CN(Cc2ccccc2)CCO1. The molecule has 0 aliphatic carbocycles. The summed E-state index contributed by atoms with van der Waals surface area (Å²) in [5.41, 5.74) is 6.94. The Hall–Kier alpha value is -1.47. The number of hydrogen-bond donors (Lipinski definition) is 2. The van der Waals surface area contributed by atoms with Crippen molar-refractivity contribution in [3.63, 3.8) is 0 Å². The predicted molar refractivity (Wildman–Crippen MR) is 101 cm³/mol. The van der Waals surface area contributed by atoms with Gasteiger partial charge in [0.15, 0.2) is 0 Å². The molecule has 1 aromatic carbocycles. The van der Waals surface area contributed by atoms with Crippen molar-refractivity contribution >= 4 is 5.91 Å². The van der Waals surface area contributed by atoms with Crippen LogP contribution in [0.1, 0.15) is 31.7 Å². The quantitative estimate of drug-likeness (QED) is 0.765. The van der Waals surface area contributed by atoms with Crippen LogP contribution in [0, 0.1) is 0 Å². The fourth-order valence-electron chi connectivity index (χ4n) is 3.77. The minimum atomic E-state index is -0.374. The number of hydrogen-bond acceptors (Lipinski definition) is 5. The number of ether oxygens (including phenoxy) is 2. The minimum absolute atomic E-state index is 0.00148. The number of benzene rings is 1. The average Bonchev–Trinajstić information content (AvgIpc) is 3.16. The second kappa shape index (κ2) is 9.46. The first kappa shape index (κ1) is 19.3. The summed E-state index contributed by atoms with van der Waals surface area (Å²) in [5.74, 6) is -0.0309. The maximum atomic E-state index is 12.5. The van der Waals surface area contributed by atoms with E-state index in [2.05, 4.69) is 41.4 Å². The van der Waals surface area contributed by atoms with Crippen LogP contribution in [0.5, 0.6) is 0 Å². The van der Waals surface area contributed by atoms with Gasteiger partial charge in [-0.05, 0) is 24.8 Å². The molecular weight excluding hydrogens is 330 g/mol. The van der Waals surface area contributed by atoms with Gasteiger partial charge in [-0.2, -0.15) is 0 Å². The number of morpholine rings is 1. The van der Waals surface area contributed by atoms with E-state index in [1.807, 2.05) is 6.07 Å². The molecule has 3 N–H and O–H groups in total. The molecule has 1 aromatic rings. The molecule has 0 bridgehead atoms. The summed E-state index contributed by atoms with van der Waals surface area (Å²) in [5, 5.41) is 3.15. The summed E-state index contributed by atoms with van der Waals surface area (Å²) in [7, 11) is 0. The Morgan fingerprint density at radius 1 is 1.35 bits per heavy atom. The molecule has 0 saturated carbocycles. The molecule has 2 saturated heterocycles. The fraction of sp³-hybridized carbons (Fsp3) is 0.650. The summed E-state index contributed by atoms with van der Waals surface area (Å²) in [6.45, 7) is 5.90. The van der Waals surface area contributed by atoms with Gasteiger partial charge in [0, 0.05) is 26.2 Å². The second-order valence-corrected chi connectivity index (χ2v) is 7.21. The monoisotopic (exact) mass is 361 g/mol. The first-order valence-corrected chi connectivity index (χ1v) is 9.73. The van der Waals surface area contributed by atoms with Crippen LogP contribution < -0.4 is 11.1 Å². The average molecular weight is 361 g/mol. The zero-order valence-electron chi connectivity index (χ0n) is 15.6. The smallest absolute Gasteiger partial charge is 0.249 e. The van der Waals surface area contributed by atoms with E-state index in [4.69, 9.17) is 15.2 Å². The first-order chi connectivity index (χ1) is 12.7. The van der Waals surface area contributed by atoms with Gasteiger partial charge in [-0.3, -0.25) is 9.69 Å². The number of carbonyl (C=O) groups excluding carboxylic acids is 1. The molecule has 2 unspecified atom stereocenters. The number of amides is 1. The van der Waals surface area contributed by atoms with Gasteiger partial charge >= 0.3 is 0 Å². The third-order valence-electron chi connectivity index (χ3n) is 5.31. The second-order valence-electron chi connectivity index (χ2n) is 7.21. The van der Waals surface area contributed by atoms with E-state index in [0.29, 0.717) is 13.2 Å². The minimum Gasteiger partial charge on any atom is -0.373 e. The van der Waals surface area contributed by atoms with E-state index >= 15 is 0 Å². The lowest BCUT2D eigenvalue weighted by atomic mass is 10.0. The predicted octanol–water partition coefficient (Wildman–Crippen LogP) is 1.29. The van der Waals surface area contributed by atoms with E-state index in [-0.39, 0.29) is 30.3 Å². The molecular formula is C20H31N3O3. The Kier molecular flexibility index (Phi) is 7.02. The van der Waals surface area contributed by atoms with Gasteiger partial charge in [-0.1, -0.05) is 37.3 Å². The molecule has 0 spiro atoms. The van der Waals surface area contributed by atoms with E-state index < -0.39 is 0 Å². The van der Waals surface area contributed by atoms with Gasteiger partial charge in [-0.15, -0.1) is 0 Å². The topological polar surface area (TPSA) is 76.8 Å². The van der Waals surface area contributed by atoms with Crippen LogP contribution in [0.15, 0.2) is 30.3 Å². The normalized spacial score (nSPS) is 28.0. The lowest BCUT2D eigenvalue weighted by Gasteiger charge is -2.37. The number of nitrogens with zero attached hydrogens (tertiary/aromatic N) is 1. The molecule has 26 heavy (non-hydrogen) atoms. The van der Waals surface area contributed by atoms with Gasteiger partial charge in [0.05, 0.1) is 24.9 Å². The van der Waals surface area contributed by atoms with Crippen molar-refractivity contribution in [3.8, 4) is 0 Å².